The summed E-state index contributed by atoms with van der Waals surface area (Å²) in [7, 11) is 0. The van der Waals surface area contributed by atoms with E-state index in [1.807, 2.05) is 32.3 Å². The van der Waals surface area contributed by atoms with Gasteiger partial charge in [0.15, 0.2) is 0 Å². The smallest absolute Gasteiger partial charge is 0.0243 e. The number of hydrogen-bond acceptors (Lipinski definition) is 3. The molecule has 0 rings (SSSR count). The van der Waals surface area contributed by atoms with Crippen LogP contribution in [0.1, 0.15) is 20.3 Å². The zero-order valence-corrected chi connectivity index (χ0v) is 12.1. The molecule has 90 valence electrons. The molecule has 0 aromatic heterocycles. The van der Waals surface area contributed by atoms with Gasteiger partial charge in [-0.1, -0.05) is 24.3 Å². The fourth-order valence-corrected chi connectivity index (χ4v) is 1.81. The molecule has 0 bridgehead atoms. The highest BCUT2D eigenvalue weighted by atomic mass is 127. The Morgan fingerprint density at radius 3 is 2.62 bits per heavy atom. The molecular weight excluding hydrogens is 313 g/mol. The van der Waals surface area contributed by atoms with E-state index in [9.17, 15) is 0 Å². The standard InChI is InChI=1S/C12H20IN3/c1-4-7-12(11-15-13)8-6-10-16(14-3)9-5-2/h4-7,9-10,12,15H,3,8,11H2,1-2H3/b7-4-,9-5-,10-6+. The van der Waals surface area contributed by atoms with Crippen LogP contribution < -0.4 is 3.53 Å². The molecule has 4 heteroatoms. The van der Waals surface area contributed by atoms with Gasteiger partial charge in [0.05, 0.1) is 0 Å². The predicted octanol–water partition coefficient (Wildman–Crippen LogP) is 3.47. The van der Waals surface area contributed by atoms with E-state index in [0.717, 1.165) is 13.0 Å². The first-order chi connectivity index (χ1) is 7.78. The van der Waals surface area contributed by atoms with Gasteiger partial charge in [-0.2, -0.15) is 5.10 Å². The highest BCUT2D eigenvalue weighted by molar-refractivity contribution is 14.1. The molecule has 0 heterocycles. The second-order valence-electron chi connectivity index (χ2n) is 3.25. The number of rotatable bonds is 8. The number of nitrogens with one attached hydrogen (secondary N) is 1. The second-order valence-corrected chi connectivity index (χ2v) is 4.01. The molecule has 0 saturated carbocycles. The molecule has 1 N–H and O–H groups in total. The van der Waals surface area contributed by atoms with E-state index in [1.165, 1.54) is 0 Å². The molecule has 0 amide bonds. The number of allylic oxidation sites excluding steroid dienone is 3. The van der Waals surface area contributed by atoms with Crippen LogP contribution in [0.25, 0.3) is 0 Å². The highest BCUT2D eigenvalue weighted by Crippen LogP contribution is 2.06. The monoisotopic (exact) mass is 333 g/mol. The molecule has 0 aromatic rings. The van der Waals surface area contributed by atoms with Crippen molar-refractivity contribution in [2.24, 2.45) is 11.0 Å². The van der Waals surface area contributed by atoms with Gasteiger partial charge >= 0.3 is 0 Å². The third kappa shape index (κ3) is 7.64. The first-order valence-corrected chi connectivity index (χ1v) is 6.37. The summed E-state index contributed by atoms with van der Waals surface area (Å²) in [4.78, 5) is 0. The summed E-state index contributed by atoms with van der Waals surface area (Å²) in [5.41, 5.74) is 0. The van der Waals surface area contributed by atoms with Crippen LogP contribution in [-0.2, 0) is 0 Å². The van der Waals surface area contributed by atoms with Crippen molar-refractivity contribution in [2.75, 3.05) is 6.54 Å². The molecule has 0 fully saturated rings. The van der Waals surface area contributed by atoms with Gasteiger partial charge in [-0.3, -0.25) is 3.53 Å². The summed E-state index contributed by atoms with van der Waals surface area (Å²) < 4.78 is 3.15. The largest absolute Gasteiger partial charge is 0.260 e. The summed E-state index contributed by atoms with van der Waals surface area (Å²) in [6.45, 7) is 8.46. The average molecular weight is 333 g/mol. The Hall–Kier alpha value is -0.620. The quantitative estimate of drug-likeness (QED) is 0.242. The molecule has 1 unspecified atom stereocenters. The minimum Gasteiger partial charge on any atom is -0.260 e. The van der Waals surface area contributed by atoms with E-state index in [0.29, 0.717) is 5.92 Å². The van der Waals surface area contributed by atoms with Crippen LogP contribution >= 0.6 is 22.9 Å². The molecule has 0 aliphatic rings. The molecule has 0 aliphatic heterocycles. The van der Waals surface area contributed by atoms with Crippen molar-refractivity contribution in [3.8, 4) is 0 Å². The van der Waals surface area contributed by atoms with E-state index >= 15 is 0 Å². The van der Waals surface area contributed by atoms with Crippen LogP contribution in [0.15, 0.2) is 41.8 Å². The molecular formula is C12H20IN3. The molecule has 0 aliphatic carbocycles. The van der Waals surface area contributed by atoms with Crippen molar-refractivity contribution in [3.63, 3.8) is 0 Å². The Balaban J connectivity index is 4.15. The Bertz CT molecular complexity index is 259. The third-order valence-electron chi connectivity index (χ3n) is 1.97. The second kappa shape index (κ2) is 10.9. The van der Waals surface area contributed by atoms with Crippen molar-refractivity contribution < 1.29 is 0 Å². The Morgan fingerprint density at radius 1 is 1.38 bits per heavy atom. The van der Waals surface area contributed by atoms with E-state index in [2.05, 4.69) is 56.4 Å². The first kappa shape index (κ1) is 15.4. The van der Waals surface area contributed by atoms with Gasteiger partial charge in [0.25, 0.3) is 0 Å². The van der Waals surface area contributed by atoms with Crippen molar-refractivity contribution in [1.82, 2.24) is 8.54 Å². The van der Waals surface area contributed by atoms with Crippen LogP contribution in [0.4, 0.5) is 0 Å². The zero-order valence-electron chi connectivity index (χ0n) is 9.94. The molecule has 1 atom stereocenters. The summed E-state index contributed by atoms with van der Waals surface area (Å²) in [6.07, 6.45) is 13.1. The third-order valence-corrected chi connectivity index (χ3v) is 2.41. The van der Waals surface area contributed by atoms with Gasteiger partial charge in [-0.15, -0.1) is 0 Å². The Kier molecular flexibility index (Phi) is 10.5. The van der Waals surface area contributed by atoms with Gasteiger partial charge in [0.2, 0.25) is 0 Å². The van der Waals surface area contributed by atoms with Crippen LogP contribution in [-0.4, -0.2) is 18.3 Å². The van der Waals surface area contributed by atoms with Gasteiger partial charge in [-0.05, 0) is 26.2 Å². The molecule has 0 radical (unpaired) electrons. The van der Waals surface area contributed by atoms with Crippen molar-refractivity contribution >= 4 is 29.6 Å². The summed E-state index contributed by atoms with van der Waals surface area (Å²) in [5.74, 6) is 0.524. The SMILES string of the molecule is C=NN(/C=C\C)/C=C/CC(/C=C\C)CNI. The Labute approximate surface area is 112 Å². The lowest BCUT2D eigenvalue weighted by atomic mass is 10.1. The maximum atomic E-state index is 3.84. The maximum absolute atomic E-state index is 3.84. The average Bonchev–Trinajstić information content (AvgIpc) is 2.28. The summed E-state index contributed by atoms with van der Waals surface area (Å²) in [6, 6.07) is 0. The highest BCUT2D eigenvalue weighted by Gasteiger charge is 2.00. The van der Waals surface area contributed by atoms with Gasteiger partial charge in [-0.25, -0.2) is 5.01 Å². The van der Waals surface area contributed by atoms with Gasteiger partial charge < -0.3 is 0 Å². The lowest BCUT2D eigenvalue weighted by Gasteiger charge is -2.10. The van der Waals surface area contributed by atoms with Crippen LogP contribution in [0.5, 0.6) is 0 Å². The minimum absolute atomic E-state index is 0.524. The van der Waals surface area contributed by atoms with Crippen LogP contribution in [0, 0.1) is 5.92 Å². The lowest BCUT2D eigenvalue weighted by molar-refractivity contribution is 0.543. The van der Waals surface area contributed by atoms with E-state index in [-0.39, 0.29) is 0 Å². The molecule has 0 spiro atoms. The maximum Gasteiger partial charge on any atom is 0.0243 e. The van der Waals surface area contributed by atoms with Gasteiger partial charge in [0.1, 0.15) is 0 Å². The normalized spacial score (nSPS) is 13.9. The molecule has 3 nitrogen and oxygen atoms in total. The minimum atomic E-state index is 0.524. The van der Waals surface area contributed by atoms with Crippen LogP contribution in [0.3, 0.4) is 0 Å². The molecule has 0 saturated heterocycles. The van der Waals surface area contributed by atoms with Crippen molar-refractivity contribution in [2.45, 2.75) is 20.3 Å². The molecule has 0 aromatic carbocycles. The fraction of sp³-hybridized carbons (Fsp3) is 0.417. The van der Waals surface area contributed by atoms with E-state index < -0.39 is 0 Å². The van der Waals surface area contributed by atoms with Crippen LogP contribution in [0.2, 0.25) is 0 Å². The number of nitrogens with zero attached hydrogens (tertiary/aromatic N) is 2. The fourth-order valence-electron chi connectivity index (χ4n) is 1.24. The lowest BCUT2D eigenvalue weighted by Crippen LogP contribution is -2.11. The van der Waals surface area contributed by atoms with E-state index in [4.69, 9.17) is 0 Å². The van der Waals surface area contributed by atoms with Gasteiger partial charge in [0, 0.05) is 48.5 Å². The zero-order chi connectivity index (χ0) is 12.2. The van der Waals surface area contributed by atoms with E-state index in [1.54, 1.807) is 5.01 Å². The van der Waals surface area contributed by atoms with Crippen molar-refractivity contribution in [3.05, 3.63) is 36.7 Å². The first-order valence-electron chi connectivity index (χ1n) is 5.29. The number of hydrazone groups is 1. The summed E-state index contributed by atoms with van der Waals surface area (Å²) >= 11 is 2.17. The Morgan fingerprint density at radius 2 is 2.12 bits per heavy atom. The predicted molar refractivity (Wildman–Crippen MR) is 80.3 cm³/mol. The summed E-state index contributed by atoms with van der Waals surface area (Å²) in [5, 5.41) is 5.54. The number of hydrogen-bond donors (Lipinski definition) is 1. The van der Waals surface area contributed by atoms with Crippen molar-refractivity contribution in [1.29, 1.82) is 0 Å². The number of halogens is 1. The molecule has 16 heavy (non-hydrogen) atoms. The topological polar surface area (TPSA) is 27.6 Å².